The summed E-state index contributed by atoms with van der Waals surface area (Å²) >= 11 is 0. The Labute approximate surface area is 216 Å². The zero-order chi connectivity index (χ0) is 26.7. The van der Waals surface area contributed by atoms with Gasteiger partial charge < -0.3 is 25.3 Å². The summed E-state index contributed by atoms with van der Waals surface area (Å²) < 4.78 is 5.50. The van der Waals surface area contributed by atoms with Gasteiger partial charge in [0.2, 0.25) is 5.95 Å². The van der Waals surface area contributed by atoms with Crippen molar-refractivity contribution in [3.05, 3.63) is 47.7 Å². The van der Waals surface area contributed by atoms with E-state index in [0.717, 1.165) is 18.7 Å². The second-order valence-corrected chi connectivity index (χ2v) is 10.2. The number of amidine groups is 1. The molecule has 4 rings (SSSR count). The molecule has 1 atom stereocenters. The predicted octanol–water partition coefficient (Wildman–Crippen LogP) is 4.04. The zero-order valence-electron chi connectivity index (χ0n) is 21.9. The fourth-order valence-electron chi connectivity index (χ4n) is 4.18. The number of H-pyrrole nitrogens is 1. The molecule has 1 saturated heterocycles. The van der Waals surface area contributed by atoms with Gasteiger partial charge in [0, 0.05) is 44.0 Å². The van der Waals surface area contributed by atoms with E-state index < -0.39 is 5.60 Å². The Balaban J connectivity index is 1.40. The highest BCUT2D eigenvalue weighted by Gasteiger charge is 2.28. The standard InChI is InChI=1S/C26H34N8O3/c1-16(33-10-12-34(13-11-33)25(36)37-26(3,4)5)18-8-9-28-22(15-18)32-24-30-20-7-6-19(14-21(20)31-24)23(35)29-17(2)27/h6-9,14-16H,10-13H2,1-5H3,(H2,27,29,35)(H2,28,30,31,32). The highest BCUT2D eigenvalue weighted by Crippen LogP contribution is 2.25. The second-order valence-electron chi connectivity index (χ2n) is 10.2. The summed E-state index contributed by atoms with van der Waals surface area (Å²) in [5.74, 6) is 0.906. The summed E-state index contributed by atoms with van der Waals surface area (Å²) in [7, 11) is 0. The van der Waals surface area contributed by atoms with Crippen LogP contribution in [-0.2, 0) is 4.74 Å². The molecule has 2 aromatic heterocycles. The van der Waals surface area contributed by atoms with E-state index in [4.69, 9.17) is 10.1 Å². The van der Waals surface area contributed by atoms with Crippen molar-refractivity contribution in [3.63, 3.8) is 0 Å². The molecule has 3 aromatic rings. The number of aromatic nitrogens is 3. The number of carbonyl (C=O) groups is 2. The molecule has 1 fully saturated rings. The molecule has 11 heteroatoms. The maximum absolute atomic E-state index is 12.4. The lowest BCUT2D eigenvalue weighted by molar-refractivity contribution is 0.0110. The van der Waals surface area contributed by atoms with E-state index in [-0.39, 0.29) is 23.9 Å². The lowest BCUT2D eigenvalue weighted by Crippen LogP contribution is -2.50. The van der Waals surface area contributed by atoms with E-state index in [0.29, 0.717) is 41.5 Å². The third-order valence-corrected chi connectivity index (χ3v) is 6.07. The van der Waals surface area contributed by atoms with Crippen LogP contribution in [0.3, 0.4) is 0 Å². The van der Waals surface area contributed by atoms with Gasteiger partial charge in [0.1, 0.15) is 11.4 Å². The average Bonchev–Trinajstić information content (AvgIpc) is 3.23. The van der Waals surface area contributed by atoms with Crippen LogP contribution in [0.1, 0.15) is 56.6 Å². The smallest absolute Gasteiger partial charge is 0.410 e. The van der Waals surface area contributed by atoms with Crippen molar-refractivity contribution >= 4 is 40.6 Å². The first-order chi connectivity index (χ1) is 17.5. The molecule has 0 radical (unpaired) electrons. The largest absolute Gasteiger partial charge is 0.444 e. The molecule has 0 saturated carbocycles. The Bertz CT molecular complexity index is 1300. The number of ether oxygens (including phenoxy) is 1. The number of nitrogens with zero attached hydrogens (tertiary/aromatic N) is 4. The van der Waals surface area contributed by atoms with Crippen molar-refractivity contribution in [2.75, 3.05) is 31.5 Å². The van der Waals surface area contributed by atoms with Gasteiger partial charge in [-0.25, -0.2) is 14.8 Å². The third kappa shape index (κ3) is 6.62. The first-order valence-electron chi connectivity index (χ1n) is 12.3. The maximum atomic E-state index is 12.4. The minimum Gasteiger partial charge on any atom is -0.444 e. The number of hydrogen-bond acceptors (Lipinski definition) is 8. The molecule has 0 bridgehead atoms. The molecule has 0 spiro atoms. The summed E-state index contributed by atoms with van der Waals surface area (Å²) in [6, 6.07) is 9.25. The van der Waals surface area contributed by atoms with E-state index in [1.165, 1.54) is 6.92 Å². The number of anilines is 2. The van der Waals surface area contributed by atoms with Gasteiger partial charge in [0.25, 0.3) is 5.91 Å². The van der Waals surface area contributed by atoms with Gasteiger partial charge in [-0.15, -0.1) is 0 Å². The number of piperazine rings is 1. The van der Waals surface area contributed by atoms with Gasteiger partial charge >= 0.3 is 6.09 Å². The molecule has 1 aliphatic heterocycles. The van der Waals surface area contributed by atoms with Crippen LogP contribution in [0.4, 0.5) is 16.6 Å². The molecular formula is C26H34N8O3. The predicted molar refractivity (Wildman–Crippen MR) is 142 cm³/mol. The van der Waals surface area contributed by atoms with E-state index in [1.807, 2.05) is 32.9 Å². The average molecular weight is 507 g/mol. The van der Waals surface area contributed by atoms with Gasteiger partial charge in [0.05, 0.1) is 16.9 Å². The number of rotatable bonds is 5. The monoisotopic (exact) mass is 506 g/mol. The molecule has 196 valence electrons. The summed E-state index contributed by atoms with van der Waals surface area (Å²) in [5, 5.41) is 13.1. The Morgan fingerprint density at radius 2 is 1.86 bits per heavy atom. The quantitative estimate of drug-likeness (QED) is 0.302. The third-order valence-electron chi connectivity index (χ3n) is 6.07. The van der Waals surface area contributed by atoms with Crippen molar-refractivity contribution in [3.8, 4) is 0 Å². The first kappa shape index (κ1) is 26.1. The topological polar surface area (TPSA) is 139 Å². The van der Waals surface area contributed by atoms with Crippen LogP contribution < -0.4 is 10.6 Å². The van der Waals surface area contributed by atoms with Crippen molar-refractivity contribution < 1.29 is 14.3 Å². The van der Waals surface area contributed by atoms with Crippen LogP contribution in [0.2, 0.25) is 0 Å². The van der Waals surface area contributed by atoms with Crippen molar-refractivity contribution in [2.24, 2.45) is 0 Å². The number of benzene rings is 1. The van der Waals surface area contributed by atoms with Gasteiger partial charge in [-0.3, -0.25) is 15.1 Å². The molecule has 3 heterocycles. The van der Waals surface area contributed by atoms with Gasteiger partial charge in [-0.2, -0.15) is 0 Å². The lowest BCUT2D eigenvalue weighted by Gasteiger charge is -2.38. The molecular weight excluding hydrogens is 472 g/mol. The second kappa shape index (κ2) is 10.6. The minimum atomic E-state index is -0.501. The molecule has 1 aromatic carbocycles. The van der Waals surface area contributed by atoms with E-state index in [9.17, 15) is 9.59 Å². The molecule has 1 aliphatic rings. The van der Waals surface area contributed by atoms with Crippen LogP contribution in [0.5, 0.6) is 0 Å². The van der Waals surface area contributed by atoms with Crippen LogP contribution in [0.25, 0.3) is 11.0 Å². The van der Waals surface area contributed by atoms with Gasteiger partial charge in [-0.05, 0) is 70.5 Å². The number of aromatic amines is 1. The highest BCUT2D eigenvalue weighted by molar-refractivity contribution is 6.06. The van der Waals surface area contributed by atoms with E-state index in [1.54, 1.807) is 29.3 Å². The summed E-state index contributed by atoms with van der Waals surface area (Å²) in [6.07, 6.45) is 1.49. The molecule has 0 aliphatic carbocycles. The molecule has 1 unspecified atom stereocenters. The lowest BCUT2D eigenvalue weighted by atomic mass is 10.1. The van der Waals surface area contributed by atoms with Crippen molar-refractivity contribution in [2.45, 2.75) is 46.3 Å². The normalized spacial score (nSPS) is 15.3. The summed E-state index contributed by atoms with van der Waals surface area (Å²) in [4.78, 5) is 40.8. The van der Waals surface area contributed by atoms with Crippen molar-refractivity contribution in [1.82, 2.24) is 30.1 Å². The molecule has 4 N–H and O–H groups in total. The Morgan fingerprint density at radius 3 is 2.54 bits per heavy atom. The van der Waals surface area contributed by atoms with Crippen molar-refractivity contribution in [1.29, 1.82) is 5.41 Å². The number of nitrogens with one attached hydrogen (secondary N) is 4. The Kier molecular flexibility index (Phi) is 7.44. The Hall–Kier alpha value is -3.99. The van der Waals surface area contributed by atoms with Gasteiger partial charge in [-0.1, -0.05) is 0 Å². The highest BCUT2D eigenvalue weighted by atomic mass is 16.6. The number of hydrogen-bond donors (Lipinski definition) is 4. The Morgan fingerprint density at radius 1 is 1.14 bits per heavy atom. The number of carbonyl (C=O) groups excluding carboxylic acids is 2. The molecule has 2 amide bonds. The van der Waals surface area contributed by atoms with Gasteiger partial charge in [0.15, 0.2) is 0 Å². The fourth-order valence-corrected chi connectivity index (χ4v) is 4.18. The van der Waals surface area contributed by atoms with Crippen LogP contribution >= 0.6 is 0 Å². The first-order valence-corrected chi connectivity index (χ1v) is 12.3. The number of fused-ring (bicyclic) bond motifs is 1. The summed E-state index contributed by atoms with van der Waals surface area (Å²) in [6.45, 7) is 12.0. The zero-order valence-corrected chi connectivity index (χ0v) is 21.9. The number of imidazole rings is 1. The number of pyridine rings is 1. The van der Waals surface area contributed by atoms with Crippen LogP contribution in [0, 0.1) is 5.41 Å². The van der Waals surface area contributed by atoms with E-state index >= 15 is 0 Å². The minimum absolute atomic E-state index is 0.0853. The number of amides is 2. The molecule has 37 heavy (non-hydrogen) atoms. The maximum Gasteiger partial charge on any atom is 0.410 e. The molecule has 11 nitrogen and oxygen atoms in total. The SMILES string of the molecule is CC(=N)NC(=O)c1ccc2nc(Nc3cc(C(C)N4CCN(C(=O)OC(C)(C)C)CC4)ccn3)[nH]c2c1. The van der Waals surface area contributed by atoms with Crippen LogP contribution in [0.15, 0.2) is 36.5 Å². The van der Waals surface area contributed by atoms with E-state index in [2.05, 4.69) is 37.4 Å². The fraction of sp³-hybridized carbons (Fsp3) is 0.423. The summed E-state index contributed by atoms with van der Waals surface area (Å²) in [5.41, 5.74) is 2.44. The van der Waals surface area contributed by atoms with Crippen LogP contribution in [-0.4, -0.2) is 74.4 Å².